The molecule has 2 rings (SSSR count). The Bertz CT molecular complexity index is 663. The first-order chi connectivity index (χ1) is 8.89. The zero-order valence-corrected chi connectivity index (χ0v) is 11.6. The van der Waals surface area contributed by atoms with Crippen LogP contribution < -0.4 is 10.5 Å². The van der Waals surface area contributed by atoms with Gasteiger partial charge in [-0.25, -0.2) is 13.6 Å². The van der Waals surface area contributed by atoms with E-state index in [0.717, 1.165) is 11.3 Å². The molecule has 0 bridgehead atoms. The molecule has 0 spiro atoms. The molecule has 0 fully saturated rings. The minimum atomic E-state index is -3.70. The number of primary sulfonamides is 1. The molecular formula is C13H16N2O3S. The van der Waals surface area contributed by atoms with Crippen molar-refractivity contribution in [2.24, 2.45) is 5.14 Å². The van der Waals surface area contributed by atoms with Crippen LogP contribution in [0.15, 0.2) is 46.1 Å². The van der Waals surface area contributed by atoms with E-state index in [-0.39, 0.29) is 10.9 Å². The fourth-order valence-electron chi connectivity index (χ4n) is 1.92. The average Bonchev–Trinajstić information content (AvgIpc) is 2.83. The van der Waals surface area contributed by atoms with Gasteiger partial charge in [0.25, 0.3) is 0 Å². The number of hydrogen-bond acceptors (Lipinski definition) is 4. The lowest BCUT2D eigenvalue weighted by Gasteiger charge is -2.17. The topological polar surface area (TPSA) is 85.3 Å². The Hall–Kier alpha value is -1.79. The molecule has 1 aromatic heterocycles. The lowest BCUT2D eigenvalue weighted by Crippen LogP contribution is -2.15. The summed E-state index contributed by atoms with van der Waals surface area (Å²) < 4.78 is 27.9. The number of sulfonamides is 1. The number of anilines is 1. The van der Waals surface area contributed by atoms with Crippen molar-refractivity contribution in [3.05, 3.63) is 47.9 Å². The zero-order valence-electron chi connectivity index (χ0n) is 10.8. The van der Waals surface area contributed by atoms with Crippen molar-refractivity contribution >= 4 is 15.7 Å². The maximum Gasteiger partial charge on any atom is 0.238 e. The maximum absolute atomic E-state index is 11.5. The Morgan fingerprint density at radius 1 is 1.32 bits per heavy atom. The second kappa shape index (κ2) is 5.07. The van der Waals surface area contributed by atoms with Crippen molar-refractivity contribution in [3.8, 4) is 0 Å². The molecule has 0 amide bonds. The van der Waals surface area contributed by atoms with E-state index < -0.39 is 10.0 Å². The van der Waals surface area contributed by atoms with Crippen LogP contribution >= 0.6 is 0 Å². The zero-order chi connectivity index (χ0) is 14.0. The SMILES string of the molecule is Cc1c(NC(C)c2ccoc2)cccc1S(N)(=O)=O. The van der Waals surface area contributed by atoms with Gasteiger partial charge < -0.3 is 9.73 Å². The van der Waals surface area contributed by atoms with Gasteiger partial charge in [-0.05, 0) is 37.6 Å². The van der Waals surface area contributed by atoms with Gasteiger partial charge in [0.05, 0.1) is 23.5 Å². The Balaban J connectivity index is 2.32. The average molecular weight is 280 g/mol. The van der Waals surface area contributed by atoms with Crippen molar-refractivity contribution in [2.75, 3.05) is 5.32 Å². The second-order valence-electron chi connectivity index (χ2n) is 4.40. The third-order valence-corrected chi connectivity index (χ3v) is 4.06. The fourth-order valence-corrected chi connectivity index (χ4v) is 2.72. The lowest BCUT2D eigenvalue weighted by molar-refractivity contribution is 0.562. The van der Waals surface area contributed by atoms with Gasteiger partial charge in [-0.2, -0.15) is 0 Å². The smallest absolute Gasteiger partial charge is 0.238 e. The molecule has 1 atom stereocenters. The summed E-state index contributed by atoms with van der Waals surface area (Å²) in [5.74, 6) is 0. The lowest BCUT2D eigenvalue weighted by atomic mass is 10.1. The van der Waals surface area contributed by atoms with Gasteiger partial charge in [0.2, 0.25) is 10.0 Å². The normalized spacial score (nSPS) is 13.2. The van der Waals surface area contributed by atoms with Crippen LogP contribution in [-0.2, 0) is 10.0 Å². The van der Waals surface area contributed by atoms with E-state index in [1.165, 1.54) is 6.07 Å². The molecule has 0 aliphatic rings. The van der Waals surface area contributed by atoms with E-state index in [2.05, 4.69) is 5.32 Å². The number of nitrogens with one attached hydrogen (secondary N) is 1. The second-order valence-corrected chi connectivity index (χ2v) is 5.93. The molecule has 1 unspecified atom stereocenters. The Kier molecular flexibility index (Phi) is 3.64. The highest BCUT2D eigenvalue weighted by Gasteiger charge is 2.15. The molecule has 0 radical (unpaired) electrons. The van der Waals surface area contributed by atoms with E-state index in [4.69, 9.17) is 9.56 Å². The molecule has 2 aromatic rings. The summed E-state index contributed by atoms with van der Waals surface area (Å²) in [4.78, 5) is 0.136. The van der Waals surface area contributed by atoms with E-state index in [1.54, 1.807) is 25.5 Å². The summed E-state index contributed by atoms with van der Waals surface area (Å²) >= 11 is 0. The molecule has 102 valence electrons. The Labute approximate surface area is 112 Å². The first-order valence-corrected chi connectivity index (χ1v) is 7.35. The van der Waals surface area contributed by atoms with E-state index in [1.807, 2.05) is 19.1 Å². The van der Waals surface area contributed by atoms with Crippen LogP contribution in [0.2, 0.25) is 0 Å². The number of hydrogen-bond donors (Lipinski definition) is 2. The molecule has 1 heterocycles. The van der Waals surface area contributed by atoms with E-state index in [9.17, 15) is 8.42 Å². The highest BCUT2D eigenvalue weighted by Crippen LogP contribution is 2.26. The molecule has 0 saturated carbocycles. The van der Waals surface area contributed by atoms with Crippen molar-refractivity contribution < 1.29 is 12.8 Å². The summed E-state index contributed by atoms with van der Waals surface area (Å²) in [5.41, 5.74) is 2.33. The van der Waals surface area contributed by atoms with Crippen molar-refractivity contribution in [1.29, 1.82) is 0 Å². The predicted molar refractivity (Wildman–Crippen MR) is 73.3 cm³/mol. The van der Waals surface area contributed by atoms with Crippen LogP contribution in [-0.4, -0.2) is 8.42 Å². The van der Waals surface area contributed by atoms with Crippen LogP contribution in [0.1, 0.15) is 24.1 Å². The summed E-state index contributed by atoms with van der Waals surface area (Å²) in [6, 6.07) is 6.85. The minimum Gasteiger partial charge on any atom is -0.472 e. The number of nitrogens with two attached hydrogens (primary N) is 1. The monoisotopic (exact) mass is 280 g/mol. The predicted octanol–water partition coefficient (Wildman–Crippen LogP) is 2.41. The largest absolute Gasteiger partial charge is 0.472 e. The number of benzene rings is 1. The van der Waals surface area contributed by atoms with Crippen LogP contribution in [0.3, 0.4) is 0 Å². The minimum absolute atomic E-state index is 0.00757. The number of rotatable bonds is 4. The van der Waals surface area contributed by atoms with Gasteiger partial charge in [0, 0.05) is 11.3 Å². The van der Waals surface area contributed by atoms with Gasteiger partial charge >= 0.3 is 0 Å². The van der Waals surface area contributed by atoms with Crippen molar-refractivity contribution in [3.63, 3.8) is 0 Å². The first-order valence-electron chi connectivity index (χ1n) is 5.80. The summed E-state index contributed by atoms with van der Waals surface area (Å²) in [6.07, 6.45) is 3.25. The third kappa shape index (κ3) is 2.97. The van der Waals surface area contributed by atoms with Crippen LogP contribution in [0, 0.1) is 6.92 Å². The summed E-state index contributed by atoms with van der Waals surface area (Å²) in [6.45, 7) is 3.69. The molecular weight excluding hydrogens is 264 g/mol. The van der Waals surface area contributed by atoms with Crippen molar-refractivity contribution in [1.82, 2.24) is 0 Å². The molecule has 0 aliphatic heterocycles. The fraction of sp³-hybridized carbons (Fsp3) is 0.231. The molecule has 5 nitrogen and oxygen atoms in total. The molecule has 19 heavy (non-hydrogen) atoms. The molecule has 3 N–H and O–H groups in total. The quantitative estimate of drug-likeness (QED) is 0.900. The van der Waals surface area contributed by atoms with Crippen LogP contribution in [0.5, 0.6) is 0 Å². The Morgan fingerprint density at radius 2 is 2.05 bits per heavy atom. The first kappa shape index (κ1) is 13.6. The number of furan rings is 1. The highest BCUT2D eigenvalue weighted by molar-refractivity contribution is 7.89. The maximum atomic E-state index is 11.5. The van der Waals surface area contributed by atoms with E-state index >= 15 is 0 Å². The van der Waals surface area contributed by atoms with Crippen LogP contribution in [0.4, 0.5) is 5.69 Å². The molecule has 0 aliphatic carbocycles. The van der Waals surface area contributed by atoms with Gasteiger partial charge in [-0.3, -0.25) is 0 Å². The molecule has 0 saturated heterocycles. The molecule has 1 aromatic carbocycles. The van der Waals surface area contributed by atoms with E-state index in [0.29, 0.717) is 5.56 Å². The molecule has 6 heteroatoms. The van der Waals surface area contributed by atoms with Gasteiger partial charge in [-0.15, -0.1) is 0 Å². The summed E-state index contributed by atoms with van der Waals surface area (Å²) in [7, 11) is -3.70. The highest BCUT2D eigenvalue weighted by atomic mass is 32.2. The third-order valence-electron chi connectivity index (χ3n) is 3.01. The Morgan fingerprint density at radius 3 is 2.63 bits per heavy atom. The summed E-state index contributed by atoms with van der Waals surface area (Å²) in [5, 5.41) is 8.43. The standard InChI is InChI=1S/C13H16N2O3S/c1-9-12(4-3-5-13(9)19(14,16)17)15-10(2)11-6-7-18-8-11/h3-8,10,15H,1-2H3,(H2,14,16,17). The van der Waals surface area contributed by atoms with Gasteiger partial charge in [0.1, 0.15) is 0 Å². The van der Waals surface area contributed by atoms with Crippen molar-refractivity contribution in [2.45, 2.75) is 24.8 Å². The van der Waals surface area contributed by atoms with Gasteiger partial charge in [0.15, 0.2) is 0 Å². The van der Waals surface area contributed by atoms with Crippen LogP contribution in [0.25, 0.3) is 0 Å². The van der Waals surface area contributed by atoms with Gasteiger partial charge in [-0.1, -0.05) is 6.07 Å².